The van der Waals surface area contributed by atoms with E-state index in [1.807, 2.05) is 0 Å². The summed E-state index contributed by atoms with van der Waals surface area (Å²) in [7, 11) is -7.76. The summed E-state index contributed by atoms with van der Waals surface area (Å²) in [6.07, 6.45) is 0.655. The lowest BCUT2D eigenvalue weighted by molar-refractivity contribution is 0.356. The molecule has 0 spiro atoms. The molecule has 0 fully saturated rings. The van der Waals surface area contributed by atoms with Crippen molar-refractivity contribution in [3.63, 3.8) is 0 Å². The molecule has 4 rings (SSSR count). The Morgan fingerprint density at radius 3 is 2.10 bits per heavy atom. The molecule has 1 aromatic heterocycles. The number of nitrogens with one attached hydrogen (secondary N) is 2. The number of nitrogens with zero attached hydrogens (tertiary/aromatic N) is 2. The Labute approximate surface area is 180 Å². The zero-order valence-electron chi connectivity index (χ0n) is 16.8. The van der Waals surface area contributed by atoms with Gasteiger partial charge in [0.25, 0.3) is 20.0 Å². The number of rotatable bonds is 6. The van der Waals surface area contributed by atoms with Crippen molar-refractivity contribution < 1.29 is 21.6 Å². The fraction of sp³-hybridized carbons (Fsp3) is 0.200. The van der Waals surface area contributed by atoms with Gasteiger partial charge in [0.2, 0.25) is 5.95 Å². The summed E-state index contributed by atoms with van der Waals surface area (Å²) in [4.78, 5) is 8.20. The minimum Gasteiger partial charge on any atom is -0.493 e. The lowest BCUT2D eigenvalue weighted by atomic mass is 10.2. The van der Waals surface area contributed by atoms with Crippen LogP contribution in [-0.2, 0) is 26.5 Å². The van der Waals surface area contributed by atoms with E-state index < -0.39 is 20.0 Å². The number of fused-ring (bicyclic) bond motifs is 1. The largest absolute Gasteiger partial charge is 0.493 e. The second kappa shape index (κ2) is 7.82. The molecule has 0 saturated heterocycles. The van der Waals surface area contributed by atoms with Crippen LogP contribution in [0.15, 0.2) is 58.3 Å². The summed E-state index contributed by atoms with van der Waals surface area (Å²) in [5, 5.41) is 0. The topological polar surface area (TPSA) is 127 Å². The molecule has 2 aromatic carbocycles. The number of anilines is 2. The van der Waals surface area contributed by atoms with E-state index >= 15 is 0 Å². The molecule has 9 nitrogen and oxygen atoms in total. The summed E-state index contributed by atoms with van der Waals surface area (Å²) in [6.45, 7) is 4.01. The highest BCUT2D eigenvalue weighted by Crippen LogP contribution is 2.28. The van der Waals surface area contributed by atoms with Crippen LogP contribution in [0, 0.1) is 13.8 Å². The molecule has 0 amide bonds. The minimum absolute atomic E-state index is 0.0251. The van der Waals surface area contributed by atoms with Gasteiger partial charge in [-0.05, 0) is 67.9 Å². The van der Waals surface area contributed by atoms with Crippen LogP contribution in [0.25, 0.3) is 0 Å². The molecule has 3 aromatic rings. The zero-order chi connectivity index (χ0) is 22.2. The first-order chi connectivity index (χ1) is 14.6. The van der Waals surface area contributed by atoms with E-state index in [9.17, 15) is 16.8 Å². The molecule has 2 heterocycles. The zero-order valence-corrected chi connectivity index (χ0v) is 18.4. The molecule has 31 heavy (non-hydrogen) atoms. The van der Waals surface area contributed by atoms with Gasteiger partial charge in [-0.3, -0.25) is 4.72 Å². The van der Waals surface area contributed by atoms with Crippen molar-refractivity contribution >= 4 is 31.7 Å². The number of hydrogen-bond acceptors (Lipinski definition) is 7. The molecule has 11 heteroatoms. The number of aryl methyl sites for hydroxylation is 2. The van der Waals surface area contributed by atoms with Crippen LogP contribution in [0.2, 0.25) is 0 Å². The van der Waals surface area contributed by atoms with Crippen LogP contribution in [0.1, 0.15) is 17.0 Å². The number of sulfonamides is 2. The van der Waals surface area contributed by atoms with Crippen molar-refractivity contribution in [2.45, 2.75) is 30.1 Å². The van der Waals surface area contributed by atoms with Crippen molar-refractivity contribution in [3.8, 4) is 5.75 Å². The van der Waals surface area contributed by atoms with Crippen molar-refractivity contribution in [2.24, 2.45) is 0 Å². The summed E-state index contributed by atoms with van der Waals surface area (Å²) in [5.74, 6) is 0.664. The van der Waals surface area contributed by atoms with E-state index in [-0.39, 0.29) is 21.4 Å². The van der Waals surface area contributed by atoms with Crippen LogP contribution in [0.5, 0.6) is 5.75 Å². The Hall–Kier alpha value is -3.18. The first-order valence-corrected chi connectivity index (χ1v) is 12.3. The quantitative estimate of drug-likeness (QED) is 0.579. The predicted octanol–water partition coefficient (Wildman–Crippen LogP) is 2.63. The van der Waals surface area contributed by atoms with Crippen LogP contribution in [0.4, 0.5) is 11.6 Å². The molecule has 0 atom stereocenters. The third-order valence-corrected chi connectivity index (χ3v) is 7.32. The van der Waals surface area contributed by atoms with Gasteiger partial charge in [0, 0.05) is 23.5 Å². The Balaban J connectivity index is 1.52. The summed E-state index contributed by atoms with van der Waals surface area (Å²) < 4.78 is 60.8. The molecule has 0 saturated carbocycles. The number of ether oxygens (including phenoxy) is 1. The second-order valence-electron chi connectivity index (χ2n) is 7.08. The predicted molar refractivity (Wildman–Crippen MR) is 115 cm³/mol. The lowest BCUT2D eigenvalue weighted by Crippen LogP contribution is -2.16. The fourth-order valence-corrected chi connectivity index (χ4v) is 5.25. The van der Waals surface area contributed by atoms with Gasteiger partial charge in [0.05, 0.1) is 16.4 Å². The average Bonchev–Trinajstić information content (AvgIpc) is 3.15. The van der Waals surface area contributed by atoms with Gasteiger partial charge in [0.1, 0.15) is 5.75 Å². The molecule has 0 bridgehead atoms. The Bertz CT molecular complexity index is 1330. The van der Waals surface area contributed by atoms with Gasteiger partial charge >= 0.3 is 0 Å². The van der Waals surface area contributed by atoms with Crippen LogP contribution in [0.3, 0.4) is 0 Å². The van der Waals surface area contributed by atoms with Gasteiger partial charge in [-0.25, -0.2) is 31.5 Å². The van der Waals surface area contributed by atoms with E-state index in [2.05, 4.69) is 19.4 Å². The van der Waals surface area contributed by atoms with E-state index in [1.54, 1.807) is 32.0 Å². The standard InChI is InChI=1S/C20H20N4O5S2/c1-13-11-14(2)22-20(21-13)24-30(25,26)17-5-3-16(4-6-17)23-31(27,28)18-7-8-19-15(12-18)9-10-29-19/h3-8,11-12,23H,9-10H2,1-2H3,(H,21,22,24). The van der Waals surface area contributed by atoms with Gasteiger partial charge < -0.3 is 4.74 Å². The fourth-order valence-electron chi connectivity index (χ4n) is 3.20. The maximum absolute atomic E-state index is 12.7. The summed E-state index contributed by atoms with van der Waals surface area (Å²) in [5.41, 5.74) is 2.34. The maximum atomic E-state index is 12.7. The monoisotopic (exact) mass is 460 g/mol. The minimum atomic E-state index is -3.93. The molecule has 0 radical (unpaired) electrons. The summed E-state index contributed by atoms with van der Waals surface area (Å²) >= 11 is 0. The molecule has 162 valence electrons. The van der Waals surface area contributed by atoms with Crippen LogP contribution >= 0.6 is 0 Å². The molecule has 1 aliphatic rings. The normalized spacial score (nSPS) is 13.4. The van der Waals surface area contributed by atoms with Gasteiger partial charge in [0.15, 0.2) is 0 Å². The van der Waals surface area contributed by atoms with Gasteiger partial charge in [-0.1, -0.05) is 0 Å². The van der Waals surface area contributed by atoms with E-state index in [1.165, 1.54) is 30.3 Å². The summed E-state index contributed by atoms with van der Waals surface area (Å²) in [6, 6.07) is 11.8. The van der Waals surface area contributed by atoms with Crippen molar-refractivity contribution in [1.82, 2.24) is 9.97 Å². The SMILES string of the molecule is Cc1cc(C)nc(NS(=O)(=O)c2ccc(NS(=O)(=O)c3ccc4c(c3)CCO4)cc2)n1. The smallest absolute Gasteiger partial charge is 0.264 e. The van der Waals surface area contributed by atoms with Crippen molar-refractivity contribution in [2.75, 3.05) is 16.1 Å². The van der Waals surface area contributed by atoms with E-state index in [0.717, 1.165) is 5.56 Å². The molecule has 0 aliphatic carbocycles. The third-order valence-electron chi connectivity index (χ3n) is 4.60. The lowest BCUT2D eigenvalue weighted by Gasteiger charge is -2.11. The first-order valence-electron chi connectivity index (χ1n) is 9.36. The second-order valence-corrected chi connectivity index (χ2v) is 10.4. The molecular formula is C20H20N4O5S2. The highest BCUT2D eigenvalue weighted by molar-refractivity contribution is 7.93. The molecular weight excluding hydrogens is 440 g/mol. The van der Waals surface area contributed by atoms with E-state index in [4.69, 9.17) is 4.74 Å². The number of benzene rings is 2. The average molecular weight is 461 g/mol. The van der Waals surface area contributed by atoms with Gasteiger partial charge in [-0.2, -0.15) is 0 Å². The highest BCUT2D eigenvalue weighted by Gasteiger charge is 2.20. The van der Waals surface area contributed by atoms with Gasteiger partial charge in [-0.15, -0.1) is 0 Å². The first kappa shape index (κ1) is 21.1. The Morgan fingerprint density at radius 1 is 0.806 bits per heavy atom. The number of hydrogen-bond donors (Lipinski definition) is 2. The Kier molecular flexibility index (Phi) is 5.31. The molecule has 2 N–H and O–H groups in total. The van der Waals surface area contributed by atoms with Crippen LogP contribution < -0.4 is 14.2 Å². The third kappa shape index (κ3) is 4.62. The van der Waals surface area contributed by atoms with E-state index in [0.29, 0.717) is 30.2 Å². The van der Waals surface area contributed by atoms with Crippen LogP contribution in [-0.4, -0.2) is 33.4 Å². The van der Waals surface area contributed by atoms with Crippen molar-refractivity contribution in [3.05, 3.63) is 65.5 Å². The highest BCUT2D eigenvalue weighted by atomic mass is 32.2. The Morgan fingerprint density at radius 2 is 1.42 bits per heavy atom. The van der Waals surface area contributed by atoms with Crippen molar-refractivity contribution in [1.29, 1.82) is 0 Å². The maximum Gasteiger partial charge on any atom is 0.264 e. The number of aromatic nitrogens is 2. The molecule has 1 aliphatic heterocycles. The molecule has 0 unspecified atom stereocenters.